The number of carbonyl (C=O) groups excluding carboxylic acids is 3. The van der Waals surface area contributed by atoms with Crippen molar-refractivity contribution >= 4 is 41.4 Å². The van der Waals surface area contributed by atoms with E-state index < -0.39 is 47.2 Å². The van der Waals surface area contributed by atoms with Crippen LogP contribution < -0.4 is 10.2 Å². The van der Waals surface area contributed by atoms with Crippen LogP contribution in [0.1, 0.15) is 52.9 Å². The molecule has 3 atom stereocenters. The Kier molecular flexibility index (Phi) is 7.10. The summed E-state index contributed by atoms with van der Waals surface area (Å²) in [6.45, 7) is 5.30. The number of ether oxygens (including phenoxy) is 2. The number of carboxylic acids is 1. The molecule has 1 aromatic carbocycles. The first-order chi connectivity index (χ1) is 16.9. The number of carboxylic acid groups (broad SMARTS) is 1. The zero-order chi connectivity index (χ0) is 26.3. The minimum Gasteiger partial charge on any atom is -0.480 e. The maximum atomic E-state index is 13.7. The van der Waals surface area contributed by atoms with E-state index in [2.05, 4.69) is 5.32 Å². The second-order valence-corrected chi connectivity index (χ2v) is 11.3. The van der Waals surface area contributed by atoms with E-state index in [0.717, 1.165) is 25.7 Å². The van der Waals surface area contributed by atoms with E-state index in [1.165, 1.54) is 9.80 Å². The largest absolute Gasteiger partial charge is 0.480 e. The van der Waals surface area contributed by atoms with Gasteiger partial charge in [-0.05, 0) is 49.3 Å². The highest BCUT2D eigenvalue weighted by atomic mass is 35.5. The quantitative estimate of drug-likeness (QED) is 0.603. The Balaban J connectivity index is 1.54. The van der Waals surface area contributed by atoms with Crippen molar-refractivity contribution in [1.29, 1.82) is 0 Å². The predicted molar refractivity (Wildman–Crippen MR) is 131 cm³/mol. The fraction of sp³-hybridized carbons (Fsp3) is 0.600. The number of nitrogens with zero attached hydrogens (tertiary/aromatic N) is 2. The van der Waals surface area contributed by atoms with Crippen LogP contribution in [0, 0.1) is 5.41 Å². The molecule has 1 saturated carbocycles. The van der Waals surface area contributed by atoms with Crippen LogP contribution in [0.3, 0.4) is 0 Å². The van der Waals surface area contributed by atoms with Gasteiger partial charge in [-0.2, -0.15) is 0 Å². The van der Waals surface area contributed by atoms with Gasteiger partial charge in [0, 0.05) is 17.1 Å². The summed E-state index contributed by atoms with van der Waals surface area (Å²) in [4.78, 5) is 53.8. The first-order valence-corrected chi connectivity index (χ1v) is 12.5. The summed E-state index contributed by atoms with van der Waals surface area (Å²) in [6, 6.07) is 4.44. The summed E-state index contributed by atoms with van der Waals surface area (Å²) in [5, 5.41) is 13.1. The van der Waals surface area contributed by atoms with Gasteiger partial charge in [0.15, 0.2) is 5.60 Å². The van der Waals surface area contributed by atoms with Gasteiger partial charge < -0.3 is 24.8 Å². The molecule has 0 bridgehead atoms. The van der Waals surface area contributed by atoms with Crippen LogP contribution >= 0.6 is 11.6 Å². The number of carbonyl (C=O) groups is 4. The third-order valence-corrected chi connectivity index (χ3v) is 7.24. The molecular weight excluding hydrogens is 490 g/mol. The summed E-state index contributed by atoms with van der Waals surface area (Å²) in [7, 11) is 0. The molecule has 2 N–H and O–H groups in total. The van der Waals surface area contributed by atoms with E-state index in [1.54, 1.807) is 45.0 Å². The number of halogens is 1. The zero-order valence-corrected chi connectivity index (χ0v) is 21.4. The van der Waals surface area contributed by atoms with Crippen molar-refractivity contribution in [2.45, 2.75) is 76.7 Å². The number of nitrogens with one attached hydrogen (secondary N) is 1. The molecule has 3 amide bonds. The highest BCUT2D eigenvalue weighted by Crippen LogP contribution is 2.39. The molecule has 2 unspecified atom stereocenters. The van der Waals surface area contributed by atoms with Crippen LogP contribution in [-0.2, 0) is 19.1 Å². The fourth-order valence-corrected chi connectivity index (χ4v) is 5.36. The van der Waals surface area contributed by atoms with Crippen LogP contribution in [0.15, 0.2) is 24.3 Å². The average molecular weight is 522 g/mol. The van der Waals surface area contributed by atoms with E-state index in [4.69, 9.17) is 21.1 Å². The Labute approximate surface area is 214 Å². The van der Waals surface area contributed by atoms with Crippen molar-refractivity contribution in [1.82, 2.24) is 10.2 Å². The van der Waals surface area contributed by atoms with Gasteiger partial charge in [-0.1, -0.05) is 38.4 Å². The van der Waals surface area contributed by atoms with Gasteiger partial charge >= 0.3 is 18.2 Å². The van der Waals surface area contributed by atoms with Crippen molar-refractivity contribution in [2.24, 2.45) is 5.41 Å². The summed E-state index contributed by atoms with van der Waals surface area (Å²) < 4.78 is 11.2. The van der Waals surface area contributed by atoms with Crippen molar-refractivity contribution in [3.8, 4) is 0 Å². The molecule has 3 aliphatic rings. The molecule has 196 valence electrons. The Bertz CT molecular complexity index is 1050. The predicted octanol–water partition coefficient (Wildman–Crippen LogP) is 3.80. The molecule has 10 nitrogen and oxygen atoms in total. The van der Waals surface area contributed by atoms with Crippen LogP contribution in [0.5, 0.6) is 0 Å². The number of rotatable bonds is 5. The zero-order valence-electron chi connectivity index (χ0n) is 20.7. The molecule has 0 aromatic heterocycles. The second kappa shape index (κ2) is 9.80. The first kappa shape index (κ1) is 26.1. The van der Waals surface area contributed by atoms with Gasteiger partial charge in [0.25, 0.3) is 0 Å². The van der Waals surface area contributed by atoms with Gasteiger partial charge in [-0.3, -0.25) is 9.69 Å². The fourth-order valence-electron chi connectivity index (χ4n) is 5.18. The van der Waals surface area contributed by atoms with E-state index in [-0.39, 0.29) is 25.6 Å². The number of hydrogen-bond acceptors (Lipinski definition) is 6. The molecular formula is C25H32ClN3O7. The molecule has 11 heteroatoms. The number of amides is 3. The molecule has 3 fully saturated rings. The molecule has 36 heavy (non-hydrogen) atoms. The smallest absolute Gasteiger partial charge is 0.415 e. The number of hydrogen-bond donors (Lipinski definition) is 2. The van der Waals surface area contributed by atoms with E-state index in [9.17, 15) is 24.3 Å². The van der Waals surface area contributed by atoms with Crippen LogP contribution in [-0.4, -0.2) is 70.9 Å². The maximum absolute atomic E-state index is 13.7. The molecule has 2 saturated heterocycles. The van der Waals surface area contributed by atoms with E-state index >= 15 is 0 Å². The van der Waals surface area contributed by atoms with E-state index in [1.807, 2.05) is 0 Å². The monoisotopic (exact) mass is 521 g/mol. The number of benzene rings is 1. The van der Waals surface area contributed by atoms with Crippen molar-refractivity contribution in [3.63, 3.8) is 0 Å². The molecule has 4 rings (SSSR count). The summed E-state index contributed by atoms with van der Waals surface area (Å²) >= 11 is 6.07. The lowest BCUT2D eigenvalue weighted by molar-refractivity contribution is -0.150. The minimum atomic E-state index is -1.22. The van der Waals surface area contributed by atoms with Crippen molar-refractivity contribution in [2.75, 3.05) is 18.0 Å². The van der Waals surface area contributed by atoms with Gasteiger partial charge in [0.1, 0.15) is 18.2 Å². The third kappa shape index (κ3) is 5.38. The maximum Gasteiger partial charge on any atom is 0.415 e. The van der Waals surface area contributed by atoms with Crippen LogP contribution in [0.2, 0.25) is 5.02 Å². The van der Waals surface area contributed by atoms with E-state index in [0.29, 0.717) is 10.7 Å². The number of alkyl carbamates (subject to hydrolysis) is 1. The Morgan fingerprint density at radius 1 is 1.22 bits per heavy atom. The third-order valence-electron chi connectivity index (χ3n) is 7.01. The first-order valence-electron chi connectivity index (χ1n) is 12.2. The highest BCUT2D eigenvalue weighted by molar-refractivity contribution is 6.30. The number of likely N-dealkylation sites (tertiary alicyclic amines) is 1. The SMILES string of the molecule is CC(C)(C)[C@H](NC(=O)OC1CCCC1)C(=O)N1CC2(CC1C(=O)O)CN(c1cccc(Cl)c1)C(=O)O2. The van der Waals surface area contributed by atoms with Crippen LogP contribution in [0.4, 0.5) is 15.3 Å². The Morgan fingerprint density at radius 2 is 1.92 bits per heavy atom. The van der Waals surface area contributed by atoms with Gasteiger partial charge in [-0.25, -0.2) is 14.4 Å². The van der Waals surface area contributed by atoms with Gasteiger partial charge in [0.2, 0.25) is 5.91 Å². The molecule has 1 spiro atoms. The average Bonchev–Trinajstić information content (AvgIpc) is 3.50. The standard InChI is InChI=1S/C25H32ClN3O7/c1-24(2,3)19(27-22(33)35-17-9-4-5-10-17)20(30)29-14-25(12-18(29)21(31)32)13-28(23(34)36-25)16-8-6-7-15(26)11-16/h6-8,11,17-19H,4-5,9-10,12-14H2,1-3H3,(H,27,33)(H,31,32)/t18?,19-,25?/m1/s1. The summed E-state index contributed by atoms with van der Waals surface area (Å²) in [5.74, 6) is -1.77. The number of aliphatic carboxylic acids is 1. The summed E-state index contributed by atoms with van der Waals surface area (Å²) in [5.41, 5.74) is -1.42. The normalized spacial score (nSPS) is 25.2. The molecule has 0 radical (unpaired) electrons. The van der Waals surface area contributed by atoms with Crippen LogP contribution in [0.25, 0.3) is 0 Å². The Morgan fingerprint density at radius 3 is 2.53 bits per heavy atom. The Hall–Kier alpha value is -3.01. The highest BCUT2D eigenvalue weighted by Gasteiger charge is 2.58. The molecule has 2 heterocycles. The lowest BCUT2D eigenvalue weighted by Crippen LogP contribution is -2.57. The lowest BCUT2D eigenvalue weighted by Gasteiger charge is -2.35. The number of anilines is 1. The lowest BCUT2D eigenvalue weighted by atomic mass is 9.85. The second-order valence-electron chi connectivity index (χ2n) is 10.9. The molecule has 1 aliphatic carbocycles. The topological polar surface area (TPSA) is 125 Å². The van der Waals surface area contributed by atoms with Gasteiger partial charge in [0.05, 0.1) is 13.1 Å². The molecule has 2 aliphatic heterocycles. The summed E-state index contributed by atoms with van der Waals surface area (Å²) in [6.07, 6.45) is 1.95. The van der Waals surface area contributed by atoms with Crippen molar-refractivity contribution < 1.29 is 33.8 Å². The molecule has 1 aromatic rings. The van der Waals surface area contributed by atoms with Crippen molar-refractivity contribution in [3.05, 3.63) is 29.3 Å². The minimum absolute atomic E-state index is 0.0665. The van der Waals surface area contributed by atoms with Gasteiger partial charge in [-0.15, -0.1) is 0 Å².